The van der Waals surface area contributed by atoms with Gasteiger partial charge in [0.1, 0.15) is 22.7 Å². The van der Waals surface area contributed by atoms with E-state index in [1.54, 1.807) is 18.5 Å². The van der Waals surface area contributed by atoms with Crippen LogP contribution in [0.4, 0.5) is 0 Å². The van der Waals surface area contributed by atoms with Crippen LogP contribution in [0.2, 0.25) is 0 Å². The molecule has 0 bridgehead atoms. The zero-order valence-electron chi connectivity index (χ0n) is 14.5. The van der Waals surface area contributed by atoms with Crippen molar-refractivity contribution in [2.45, 2.75) is 26.4 Å². The predicted octanol–water partition coefficient (Wildman–Crippen LogP) is -0.0338. The third-order valence-corrected chi connectivity index (χ3v) is 4.35. The lowest BCUT2D eigenvalue weighted by Gasteiger charge is -2.21. The Morgan fingerprint density at radius 1 is 1.44 bits per heavy atom. The highest BCUT2D eigenvalue weighted by Gasteiger charge is 2.26. The largest absolute Gasteiger partial charge is 0.496 e. The molecule has 0 fully saturated rings. The SMILES string of the molecule is COc1cc(=O)n2c(c1C(=O)N(C)Cc1nonc1C)CCNCC2. The van der Waals surface area contributed by atoms with Gasteiger partial charge in [-0.2, -0.15) is 0 Å². The Morgan fingerprint density at radius 3 is 2.92 bits per heavy atom. The molecule has 0 unspecified atom stereocenters. The lowest BCUT2D eigenvalue weighted by Crippen LogP contribution is -2.32. The summed E-state index contributed by atoms with van der Waals surface area (Å²) in [6, 6.07) is 1.37. The molecule has 25 heavy (non-hydrogen) atoms. The van der Waals surface area contributed by atoms with E-state index in [0.717, 1.165) is 0 Å². The molecule has 1 amide bonds. The van der Waals surface area contributed by atoms with Crippen LogP contribution in [0.25, 0.3) is 0 Å². The van der Waals surface area contributed by atoms with Gasteiger partial charge < -0.3 is 19.5 Å². The molecule has 9 heteroatoms. The number of carbonyl (C=O) groups is 1. The van der Waals surface area contributed by atoms with Gasteiger partial charge in [-0.25, -0.2) is 4.63 Å². The third kappa shape index (κ3) is 3.27. The molecule has 0 saturated heterocycles. The van der Waals surface area contributed by atoms with E-state index in [2.05, 4.69) is 20.3 Å². The number of methoxy groups -OCH3 is 1. The Balaban J connectivity index is 2.01. The van der Waals surface area contributed by atoms with Crippen molar-refractivity contribution < 1.29 is 14.2 Å². The van der Waals surface area contributed by atoms with Gasteiger partial charge in [0.2, 0.25) is 0 Å². The second-order valence-corrected chi connectivity index (χ2v) is 5.98. The molecular weight excluding hydrogens is 326 g/mol. The van der Waals surface area contributed by atoms with E-state index in [1.807, 2.05) is 0 Å². The summed E-state index contributed by atoms with van der Waals surface area (Å²) in [5.74, 6) is 0.0647. The fraction of sp³-hybridized carbons (Fsp3) is 0.500. The molecule has 0 aliphatic carbocycles. The van der Waals surface area contributed by atoms with Gasteiger partial charge in [-0.1, -0.05) is 10.3 Å². The molecule has 134 valence electrons. The first-order chi connectivity index (χ1) is 12.0. The fourth-order valence-corrected chi connectivity index (χ4v) is 2.97. The van der Waals surface area contributed by atoms with Crippen LogP contribution in [0.5, 0.6) is 5.75 Å². The van der Waals surface area contributed by atoms with Crippen LogP contribution in [0.15, 0.2) is 15.5 Å². The minimum Gasteiger partial charge on any atom is -0.496 e. The molecule has 3 heterocycles. The number of ether oxygens (including phenoxy) is 1. The molecule has 0 spiro atoms. The van der Waals surface area contributed by atoms with Crippen molar-refractivity contribution in [2.75, 3.05) is 27.2 Å². The highest BCUT2D eigenvalue weighted by Crippen LogP contribution is 2.24. The van der Waals surface area contributed by atoms with E-state index >= 15 is 0 Å². The smallest absolute Gasteiger partial charge is 0.259 e. The number of carbonyl (C=O) groups excluding carboxylic acids is 1. The highest BCUT2D eigenvalue weighted by molar-refractivity contribution is 5.98. The van der Waals surface area contributed by atoms with Gasteiger partial charge in [0.15, 0.2) is 0 Å². The van der Waals surface area contributed by atoms with Crippen molar-refractivity contribution in [3.8, 4) is 5.75 Å². The monoisotopic (exact) mass is 347 g/mol. The fourth-order valence-electron chi connectivity index (χ4n) is 2.97. The van der Waals surface area contributed by atoms with Crippen LogP contribution in [0.3, 0.4) is 0 Å². The Morgan fingerprint density at radius 2 is 2.24 bits per heavy atom. The summed E-state index contributed by atoms with van der Waals surface area (Å²) in [5, 5.41) is 10.8. The normalized spacial score (nSPS) is 13.9. The maximum atomic E-state index is 13.1. The van der Waals surface area contributed by atoms with Crippen LogP contribution in [0.1, 0.15) is 27.4 Å². The minimum atomic E-state index is -0.232. The summed E-state index contributed by atoms with van der Waals surface area (Å²) in [7, 11) is 3.14. The topological polar surface area (TPSA) is 102 Å². The second-order valence-electron chi connectivity index (χ2n) is 5.98. The molecule has 0 saturated carbocycles. The van der Waals surface area contributed by atoms with E-state index in [1.165, 1.54) is 18.1 Å². The van der Waals surface area contributed by atoms with Crippen molar-refractivity contribution >= 4 is 5.91 Å². The molecule has 3 rings (SSSR count). The first-order valence-electron chi connectivity index (χ1n) is 8.08. The average molecular weight is 347 g/mol. The van der Waals surface area contributed by atoms with E-state index in [9.17, 15) is 9.59 Å². The summed E-state index contributed by atoms with van der Waals surface area (Å²) in [6.45, 7) is 3.93. The van der Waals surface area contributed by atoms with Crippen molar-refractivity contribution in [3.63, 3.8) is 0 Å². The Kier molecular flexibility index (Phi) is 4.84. The minimum absolute atomic E-state index is 0.161. The Hall–Kier alpha value is -2.68. The van der Waals surface area contributed by atoms with Crippen molar-refractivity contribution in [2.24, 2.45) is 0 Å². The number of nitrogens with one attached hydrogen (secondary N) is 1. The standard InChI is InChI=1S/C16H21N5O4/c1-10-11(19-25-18-10)9-20(2)16(23)15-12-4-5-17-6-7-21(12)14(22)8-13(15)24-3/h8,17H,4-7,9H2,1-3H3. The van der Waals surface area contributed by atoms with Crippen LogP contribution in [-0.2, 0) is 19.5 Å². The number of fused-ring (bicyclic) bond motifs is 1. The molecule has 9 nitrogen and oxygen atoms in total. The molecule has 0 radical (unpaired) electrons. The Bertz CT molecular complexity index is 842. The van der Waals surface area contributed by atoms with Gasteiger partial charge in [-0.15, -0.1) is 0 Å². The first-order valence-corrected chi connectivity index (χ1v) is 8.08. The van der Waals surface area contributed by atoms with E-state index in [4.69, 9.17) is 4.74 Å². The number of aryl methyl sites for hydroxylation is 1. The predicted molar refractivity (Wildman–Crippen MR) is 88.7 cm³/mol. The first kappa shape index (κ1) is 17.2. The van der Waals surface area contributed by atoms with Crippen LogP contribution in [0, 0.1) is 6.92 Å². The van der Waals surface area contributed by atoms with Crippen molar-refractivity contribution in [1.29, 1.82) is 0 Å². The van der Waals surface area contributed by atoms with E-state index in [-0.39, 0.29) is 18.0 Å². The van der Waals surface area contributed by atoms with Crippen LogP contribution in [-0.4, -0.2) is 52.9 Å². The van der Waals surface area contributed by atoms with Gasteiger partial charge in [-0.05, 0) is 6.92 Å². The van der Waals surface area contributed by atoms with Crippen LogP contribution >= 0.6 is 0 Å². The number of nitrogens with zero attached hydrogens (tertiary/aromatic N) is 4. The number of rotatable bonds is 4. The zero-order valence-corrected chi connectivity index (χ0v) is 14.5. The summed E-state index contributed by atoms with van der Waals surface area (Å²) in [5.41, 5.74) is 2.18. The summed E-state index contributed by atoms with van der Waals surface area (Å²) in [4.78, 5) is 27.0. The molecule has 1 aliphatic rings. The van der Waals surface area contributed by atoms with E-state index in [0.29, 0.717) is 54.4 Å². The quantitative estimate of drug-likeness (QED) is 0.828. The maximum absolute atomic E-state index is 13.1. The number of hydrogen-bond acceptors (Lipinski definition) is 7. The average Bonchev–Trinajstić information content (AvgIpc) is 2.85. The number of aromatic nitrogens is 3. The summed E-state index contributed by atoms with van der Waals surface area (Å²) >= 11 is 0. The second kappa shape index (κ2) is 7.06. The van der Waals surface area contributed by atoms with Crippen LogP contribution < -0.4 is 15.6 Å². The van der Waals surface area contributed by atoms with Gasteiger partial charge in [0.05, 0.1) is 13.7 Å². The molecule has 2 aromatic heterocycles. The molecule has 2 aromatic rings. The molecule has 0 atom stereocenters. The molecule has 1 aliphatic heterocycles. The Labute approximate surface area is 144 Å². The van der Waals surface area contributed by atoms with Gasteiger partial charge in [0.25, 0.3) is 11.5 Å². The van der Waals surface area contributed by atoms with E-state index < -0.39 is 0 Å². The summed E-state index contributed by atoms with van der Waals surface area (Å²) in [6.07, 6.45) is 0.575. The number of pyridine rings is 1. The van der Waals surface area contributed by atoms with Gasteiger partial charge in [0, 0.05) is 44.9 Å². The van der Waals surface area contributed by atoms with Gasteiger partial charge >= 0.3 is 0 Å². The number of amides is 1. The molecule has 1 N–H and O–H groups in total. The van der Waals surface area contributed by atoms with Gasteiger partial charge in [-0.3, -0.25) is 9.59 Å². The summed E-state index contributed by atoms with van der Waals surface area (Å²) < 4.78 is 11.7. The molecular formula is C16H21N5O4. The zero-order chi connectivity index (χ0) is 18.0. The highest BCUT2D eigenvalue weighted by atomic mass is 16.6. The van der Waals surface area contributed by atoms with Crippen molar-refractivity contribution in [1.82, 2.24) is 25.1 Å². The number of hydrogen-bond donors (Lipinski definition) is 1. The lowest BCUT2D eigenvalue weighted by molar-refractivity contribution is 0.0776. The maximum Gasteiger partial charge on any atom is 0.259 e. The van der Waals surface area contributed by atoms with Crippen molar-refractivity contribution in [3.05, 3.63) is 39.1 Å². The lowest BCUT2D eigenvalue weighted by atomic mass is 10.1. The third-order valence-electron chi connectivity index (χ3n) is 4.35. The molecule has 0 aromatic carbocycles.